The van der Waals surface area contributed by atoms with Gasteiger partial charge in [0.1, 0.15) is 0 Å². The second-order valence-electron chi connectivity index (χ2n) is 4.60. The number of ether oxygens (including phenoxy) is 1. The molecule has 0 aliphatic heterocycles. The molecular formula is C15H26N2O. The van der Waals surface area contributed by atoms with Crippen molar-refractivity contribution in [2.75, 3.05) is 40.4 Å². The molecule has 0 heterocycles. The first-order valence-corrected chi connectivity index (χ1v) is 6.75. The largest absolute Gasteiger partial charge is 0.380 e. The topological polar surface area (TPSA) is 24.5 Å². The summed E-state index contributed by atoms with van der Waals surface area (Å²) in [5.41, 5.74) is 2.76. The fraction of sp³-hybridized carbons (Fsp3) is 0.600. The van der Waals surface area contributed by atoms with Gasteiger partial charge in [-0.15, -0.1) is 0 Å². The average molecular weight is 250 g/mol. The number of benzene rings is 1. The van der Waals surface area contributed by atoms with Crippen molar-refractivity contribution in [3.63, 3.8) is 0 Å². The summed E-state index contributed by atoms with van der Waals surface area (Å²) in [6, 6.07) is 8.90. The molecule has 0 amide bonds. The van der Waals surface area contributed by atoms with E-state index in [2.05, 4.69) is 41.5 Å². The van der Waals surface area contributed by atoms with Gasteiger partial charge in [0.2, 0.25) is 0 Å². The van der Waals surface area contributed by atoms with Crippen molar-refractivity contribution >= 4 is 0 Å². The molecule has 3 nitrogen and oxygen atoms in total. The van der Waals surface area contributed by atoms with Crippen LogP contribution in [-0.2, 0) is 17.7 Å². The molecule has 1 aromatic rings. The Kier molecular flexibility index (Phi) is 7.65. The average Bonchev–Trinajstić information content (AvgIpc) is 2.38. The Morgan fingerprint density at radius 1 is 1.17 bits per heavy atom. The van der Waals surface area contributed by atoms with E-state index in [0.717, 1.165) is 39.3 Å². The Balaban J connectivity index is 2.33. The fourth-order valence-corrected chi connectivity index (χ4v) is 1.84. The van der Waals surface area contributed by atoms with Crippen LogP contribution < -0.4 is 5.32 Å². The van der Waals surface area contributed by atoms with Gasteiger partial charge in [-0.25, -0.2) is 0 Å². The van der Waals surface area contributed by atoms with Gasteiger partial charge < -0.3 is 10.1 Å². The number of nitrogens with one attached hydrogen (secondary N) is 1. The Bertz CT molecular complexity index is 311. The van der Waals surface area contributed by atoms with E-state index in [1.807, 2.05) is 14.0 Å². The molecule has 3 heteroatoms. The van der Waals surface area contributed by atoms with Crippen molar-refractivity contribution in [3.8, 4) is 0 Å². The van der Waals surface area contributed by atoms with Gasteiger partial charge in [0.15, 0.2) is 0 Å². The Morgan fingerprint density at radius 3 is 2.44 bits per heavy atom. The predicted octanol–water partition coefficient (Wildman–Crippen LogP) is 1.92. The first kappa shape index (κ1) is 15.2. The zero-order valence-electron chi connectivity index (χ0n) is 11.9. The lowest BCUT2D eigenvalue weighted by molar-refractivity contribution is 0.120. The lowest BCUT2D eigenvalue weighted by Gasteiger charge is -2.16. The van der Waals surface area contributed by atoms with Crippen LogP contribution in [0.4, 0.5) is 0 Å². The van der Waals surface area contributed by atoms with Crippen LogP contribution in [0, 0.1) is 0 Å². The second-order valence-corrected chi connectivity index (χ2v) is 4.60. The predicted molar refractivity (Wildman–Crippen MR) is 76.9 cm³/mol. The molecular weight excluding hydrogens is 224 g/mol. The second kappa shape index (κ2) is 9.09. The lowest BCUT2D eigenvalue weighted by Crippen LogP contribution is -2.22. The van der Waals surface area contributed by atoms with Crippen LogP contribution in [0.1, 0.15) is 18.1 Å². The smallest absolute Gasteiger partial charge is 0.0593 e. The van der Waals surface area contributed by atoms with Gasteiger partial charge >= 0.3 is 0 Å². The molecule has 1 rings (SSSR count). The summed E-state index contributed by atoms with van der Waals surface area (Å²) in [7, 11) is 4.12. The zero-order chi connectivity index (χ0) is 13.2. The van der Waals surface area contributed by atoms with Crippen LogP contribution in [0.3, 0.4) is 0 Å². The molecule has 18 heavy (non-hydrogen) atoms. The van der Waals surface area contributed by atoms with Gasteiger partial charge in [-0.2, -0.15) is 0 Å². The quantitative estimate of drug-likeness (QED) is 0.678. The Labute approximate surface area is 111 Å². The monoisotopic (exact) mass is 250 g/mol. The number of rotatable bonds is 9. The van der Waals surface area contributed by atoms with Gasteiger partial charge in [-0.3, -0.25) is 4.90 Å². The summed E-state index contributed by atoms with van der Waals surface area (Å²) in [5, 5.41) is 3.17. The SMILES string of the molecule is CCOCCN(C)Cc1ccc(CCNC)cc1. The molecule has 1 N–H and O–H groups in total. The van der Waals surface area contributed by atoms with E-state index >= 15 is 0 Å². The van der Waals surface area contributed by atoms with Crippen LogP contribution in [0.15, 0.2) is 24.3 Å². The summed E-state index contributed by atoms with van der Waals surface area (Å²) in [4.78, 5) is 2.29. The van der Waals surface area contributed by atoms with Crippen molar-refractivity contribution in [2.24, 2.45) is 0 Å². The number of hydrogen-bond acceptors (Lipinski definition) is 3. The van der Waals surface area contributed by atoms with Gasteiger partial charge in [0, 0.05) is 19.7 Å². The molecule has 0 bridgehead atoms. The minimum Gasteiger partial charge on any atom is -0.380 e. The minimum absolute atomic E-state index is 0.800. The molecule has 0 saturated carbocycles. The van der Waals surface area contributed by atoms with E-state index in [1.54, 1.807) is 0 Å². The molecule has 0 spiro atoms. The Hall–Kier alpha value is -0.900. The molecule has 102 valence electrons. The normalized spacial score (nSPS) is 11.1. The standard InChI is InChI=1S/C15H26N2O/c1-4-18-12-11-17(3)13-15-7-5-14(6-8-15)9-10-16-2/h5-8,16H,4,9-13H2,1-3H3. The van der Waals surface area contributed by atoms with Crippen molar-refractivity contribution in [1.29, 1.82) is 0 Å². The van der Waals surface area contributed by atoms with Gasteiger partial charge in [0.05, 0.1) is 6.61 Å². The molecule has 1 aromatic carbocycles. The molecule has 0 radical (unpaired) electrons. The van der Waals surface area contributed by atoms with E-state index in [4.69, 9.17) is 4.74 Å². The summed E-state index contributed by atoms with van der Waals surface area (Å²) in [5.74, 6) is 0. The van der Waals surface area contributed by atoms with E-state index in [0.29, 0.717) is 0 Å². The van der Waals surface area contributed by atoms with Crippen molar-refractivity contribution < 1.29 is 4.74 Å². The molecule has 0 atom stereocenters. The number of hydrogen-bond donors (Lipinski definition) is 1. The summed E-state index contributed by atoms with van der Waals surface area (Å²) >= 11 is 0. The highest BCUT2D eigenvalue weighted by atomic mass is 16.5. The third kappa shape index (κ3) is 6.15. The van der Waals surface area contributed by atoms with Crippen LogP contribution in [-0.4, -0.2) is 45.3 Å². The third-order valence-electron chi connectivity index (χ3n) is 2.96. The van der Waals surface area contributed by atoms with Gasteiger partial charge in [0.25, 0.3) is 0 Å². The van der Waals surface area contributed by atoms with E-state index in [9.17, 15) is 0 Å². The first-order chi connectivity index (χ1) is 8.76. The Morgan fingerprint density at radius 2 is 1.83 bits per heavy atom. The maximum Gasteiger partial charge on any atom is 0.0593 e. The van der Waals surface area contributed by atoms with Crippen LogP contribution >= 0.6 is 0 Å². The van der Waals surface area contributed by atoms with Crippen LogP contribution in [0.2, 0.25) is 0 Å². The van der Waals surface area contributed by atoms with Crippen LogP contribution in [0.25, 0.3) is 0 Å². The van der Waals surface area contributed by atoms with E-state index in [-0.39, 0.29) is 0 Å². The maximum absolute atomic E-state index is 5.36. The third-order valence-corrected chi connectivity index (χ3v) is 2.96. The van der Waals surface area contributed by atoms with Crippen molar-refractivity contribution in [3.05, 3.63) is 35.4 Å². The minimum atomic E-state index is 0.800. The highest BCUT2D eigenvalue weighted by molar-refractivity contribution is 5.22. The lowest BCUT2D eigenvalue weighted by atomic mass is 10.1. The summed E-state index contributed by atoms with van der Waals surface area (Å²) in [6.07, 6.45) is 1.09. The zero-order valence-corrected chi connectivity index (χ0v) is 11.9. The molecule has 0 aliphatic carbocycles. The molecule has 0 aliphatic rings. The van der Waals surface area contributed by atoms with Crippen molar-refractivity contribution in [2.45, 2.75) is 19.9 Å². The molecule has 0 aromatic heterocycles. The van der Waals surface area contributed by atoms with Crippen LogP contribution in [0.5, 0.6) is 0 Å². The molecule has 0 fully saturated rings. The number of likely N-dealkylation sites (N-methyl/N-ethyl adjacent to an activating group) is 2. The highest BCUT2D eigenvalue weighted by Gasteiger charge is 2.00. The fourth-order valence-electron chi connectivity index (χ4n) is 1.84. The van der Waals surface area contributed by atoms with Gasteiger partial charge in [-0.1, -0.05) is 24.3 Å². The highest BCUT2D eigenvalue weighted by Crippen LogP contribution is 2.07. The molecule has 0 unspecified atom stereocenters. The summed E-state index contributed by atoms with van der Waals surface area (Å²) in [6.45, 7) is 6.65. The maximum atomic E-state index is 5.36. The molecule has 0 saturated heterocycles. The van der Waals surface area contributed by atoms with Crippen molar-refractivity contribution in [1.82, 2.24) is 10.2 Å². The van der Waals surface area contributed by atoms with E-state index in [1.165, 1.54) is 11.1 Å². The number of nitrogens with zero attached hydrogens (tertiary/aromatic N) is 1. The summed E-state index contributed by atoms with van der Waals surface area (Å²) < 4.78 is 5.36. The van der Waals surface area contributed by atoms with E-state index < -0.39 is 0 Å². The first-order valence-electron chi connectivity index (χ1n) is 6.75. The van der Waals surface area contributed by atoms with Gasteiger partial charge in [-0.05, 0) is 45.1 Å².